The van der Waals surface area contributed by atoms with Crippen LogP contribution in [0.2, 0.25) is 0 Å². The van der Waals surface area contributed by atoms with Gasteiger partial charge >= 0.3 is 0 Å². The number of hydrogen-bond donors (Lipinski definition) is 1. The van der Waals surface area contributed by atoms with Crippen LogP contribution in [0.25, 0.3) is 0 Å². The number of rotatable bonds is 5. The van der Waals surface area contributed by atoms with E-state index in [0.29, 0.717) is 30.7 Å². The van der Waals surface area contributed by atoms with E-state index >= 15 is 0 Å². The highest BCUT2D eigenvalue weighted by atomic mass is 16.5. The van der Waals surface area contributed by atoms with Crippen molar-refractivity contribution in [1.82, 2.24) is 9.97 Å². The summed E-state index contributed by atoms with van der Waals surface area (Å²) in [5, 5.41) is 0. The third-order valence-electron chi connectivity index (χ3n) is 1.74. The second-order valence-electron chi connectivity index (χ2n) is 3.11. The first-order valence-corrected chi connectivity index (χ1v) is 4.99. The number of nitrogens with zero attached hydrogens (tertiary/aromatic N) is 2. The van der Waals surface area contributed by atoms with Crippen LogP contribution in [0.15, 0.2) is 6.07 Å². The molecular formula is C11H15N3O2. The van der Waals surface area contributed by atoms with Gasteiger partial charge in [0.25, 0.3) is 0 Å². The zero-order valence-electron chi connectivity index (χ0n) is 9.43. The topological polar surface area (TPSA) is 70.3 Å². The van der Waals surface area contributed by atoms with Gasteiger partial charge in [0.2, 0.25) is 5.88 Å². The zero-order chi connectivity index (χ0) is 12.0. The molecule has 1 aromatic heterocycles. The lowest BCUT2D eigenvalue weighted by Gasteiger charge is -2.09. The molecule has 0 fully saturated rings. The fourth-order valence-electron chi connectivity index (χ4n) is 1.03. The van der Waals surface area contributed by atoms with E-state index in [2.05, 4.69) is 15.9 Å². The Balaban J connectivity index is 2.77. The summed E-state index contributed by atoms with van der Waals surface area (Å²) in [4.78, 5) is 8.14. The van der Waals surface area contributed by atoms with Crippen LogP contribution in [-0.4, -0.2) is 22.7 Å². The molecule has 0 spiro atoms. The minimum atomic E-state index is -0.353. The Bertz CT molecular complexity index is 387. The molecule has 0 aromatic carbocycles. The van der Waals surface area contributed by atoms with E-state index in [-0.39, 0.29) is 6.10 Å². The molecule has 1 atom stereocenters. The first-order chi connectivity index (χ1) is 7.65. The van der Waals surface area contributed by atoms with Gasteiger partial charge in [-0.2, -0.15) is 4.98 Å². The van der Waals surface area contributed by atoms with E-state index in [1.165, 1.54) is 6.07 Å². The predicted molar refractivity (Wildman–Crippen MR) is 60.7 cm³/mol. The third kappa shape index (κ3) is 3.75. The molecule has 0 saturated carbocycles. The van der Waals surface area contributed by atoms with Crippen molar-refractivity contribution in [3.8, 4) is 18.2 Å². The summed E-state index contributed by atoms with van der Waals surface area (Å²) in [5.74, 6) is 3.63. The molecule has 0 aliphatic carbocycles. The molecule has 5 heteroatoms. The lowest BCUT2D eigenvalue weighted by atomic mass is 10.4. The fraction of sp³-hybridized carbons (Fsp3) is 0.455. The summed E-state index contributed by atoms with van der Waals surface area (Å²) in [6.07, 6.45) is 4.85. The molecule has 1 aromatic rings. The van der Waals surface area contributed by atoms with Gasteiger partial charge in [0.05, 0.1) is 0 Å². The Hall–Kier alpha value is -1.80. The highest BCUT2D eigenvalue weighted by molar-refractivity contribution is 5.33. The standard InChI is InChI=1S/C11H15N3O2/c1-4-8(3)16-11-6-9(12)13-10(14-11)7-15-5-2/h1,6,8H,5,7H2,2-3H3,(H2,12,13,14). The van der Waals surface area contributed by atoms with Crippen molar-refractivity contribution in [3.05, 3.63) is 11.9 Å². The maximum absolute atomic E-state index is 5.61. The summed E-state index contributed by atoms with van der Waals surface area (Å²) in [6, 6.07) is 1.53. The second-order valence-corrected chi connectivity index (χ2v) is 3.11. The van der Waals surface area contributed by atoms with Crippen molar-refractivity contribution in [3.63, 3.8) is 0 Å². The molecule has 0 amide bonds. The van der Waals surface area contributed by atoms with Crippen molar-refractivity contribution in [2.45, 2.75) is 26.6 Å². The van der Waals surface area contributed by atoms with Gasteiger partial charge in [-0.1, -0.05) is 5.92 Å². The molecule has 1 rings (SSSR count). The molecule has 86 valence electrons. The average molecular weight is 221 g/mol. The van der Waals surface area contributed by atoms with Crippen LogP contribution in [0.4, 0.5) is 5.82 Å². The molecule has 0 saturated heterocycles. The Morgan fingerprint density at radius 1 is 1.56 bits per heavy atom. The van der Waals surface area contributed by atoms with Gasteiger partial charge in [-0.15, -0.1) is 6.42 Å². The van der Waals surface area contributed by atoms with Gasteiger partial charge in [-0.25, -0.2) is 4.98 Å². The molecule has 16 heavy (non-hydrogen) atoms. The van der Waals surface area contributed by atoms with Crippen LogP contribution < -0.4 is 10.5 Å². The van der Waals surface area contributed by atoms with E-state index in [9.17, 15) is 0 Å². The number of nitrogen functional groups attached to an aromatic ring is 1. The molecule has 0 aliphatic rings. The quantitative estimate of drug-likeness (QED) is 0.751. The van der Waals surface area contributed by atoms with Gasteiger partial charge in [0.15, 0.2) is 11.9 Å². The van der Waals surface area contributed by atoms with E-state index in [4.69, 9.17) is 21.6 Å². The first kappa shape index (κ1) is 12.3. The smallest absolute Gasteiger partial charge is 0.220 e. The van der Waals surface area contributed by atoms with Crippen molar-refractivity contribution >= 4 is 5.82 Å². The summed E-state index contributed by atoms with van der Waals surface area (Å²) < 4.78 is 10.5. The SMILES string of the molecule is C#CC(C)Oc1cc(N)nc(COCC)n1. The number of terminal acetylenes is 1. The van der Waals surface area contributed by atoms with Gasteiger partial charge in [-0.3, -0.25) is 0 Å². The van der Waals surface area contributed by atoms with Crippen LogP contribution in [-0.2, 0) is 11.3 Å². The maximum Gasteiger partial charge on any atom is 0.220 e. The van der Waals surface area contributed by atoms with Gasteiger partial charge < -0.3 is 15.2 Å². The van der Waals surface area contributed by atoms with Crippen LogP contribution >= 0.6 is 0 Å². The largest absolute Gasteiger partial charge is 0.461 e. The van der Waals surface area contributed by atoms with E-state index in [1.54, 1.807) is 6.92 Å². The molecule has 5 nitrogen and oxygen atoms in total. The molecule has 1 unspecified atom stereocenters. The van der Waals surface area contributed by atoms with Crippen molar-refractivity contribution in [2.75, 3.05) is 12.3 Å². The zero-order valence-corrected chi connectivity index (χ0v) is 9.43. The van der Waals surface area contributed by atoms with Crippen LogP contribution in [0.1, 0.15) is 19.7 Å². The summed E-state index contributed by atoms with van der Waals surface area (Å²) in [6.45, 7) is 4.54. The number of aromatic nitrogens is 2. The number of hydrogen-bond acceptors (Lipinski definition) is 5. The average Bonchev–Trinajstić information content (AvgIpc) is 2.25. The Labute approximate surface area is 95.0 Å². The van der Waals surface area contributed by atoms with Crippen molar-refractivity contribution in [1.29, 1.82) is 0 Å². The van der Waals surface area contributed by atoms with Crippen molar-refractivity contribution < 1.29 is 9.47 Å². The molecule has 0 bridgehead atoms. The predicted octanol–water partition coefficient (Wildman–Crippen LogP) is 0.996. The fourth-order valence-corrected chi connectivity index (χ4v) is 1.03. The molecular weight excluding hydrogens is 206 g/mol. The maximum atomic E-state index is 5.61. The van der Waals surface area contributed by atoms with E-state index in [1.807, 2.05) is 6.92 Å². The van der Waals surface area contributed by atoms with E-state index in [0.717, 1.165) is 0 Å². The van der Waals surface area contributed by atoms with Gasteiger partial charge in [-0.05, 0) is 13.8 Å². The second kappa shape index (κ2) is 5.93. The van der Waals surface area contributed by atoms with Gasteiger partial charge in [0, 0.05) is 12.7 Å². The highest BCUT2D eigenvalue weighted by Crippen LogP contribution is 2.13. The Morgan fingerprint density at radius 2 is 2.31 bits per heavy atom. The molecule has 0 aliphatic heterocycles. The third-order valence-corrected chi connectivity index (χ3v) is 1.74. The summed E-state index contributed by atoms with van der Waals surface area (Å²) >= 11 is 0. The van der Waals surface area contributed by atoms with Crippen LogP contribution in [0.3, 0.4) is 0 Å². The number of ether oxygens (including phenoxy) is 2. The minimum Gasteiger partial charge on any atom is -0.461 e. The van der Waals surface area contributed by atoms with Gasteiger partial charge in [0.1, 0.15) is 12.4 Å². The van der Waals surface area contributed by atoms with Crippen LogP contribution in [0, 0.1) is 12.3 Å². The molecule has 2 N–H and O–H groups in total. The highest BCUT2D eigenvalue weighted by Gasteiger charge is 2.06. The van der Waals surface area contributed by atoms with Crippen molar-refractivity contribution in [2.24, 2.45) is 0 Å². The first-order valence-electron chi connectivity index (χ1n) is 4.99. The molecule has 1 heterocycles. The Morgan fingerprint density at radius 3 is 2.94 bits per heavy atom. The monoisotopic (exact) mass is 221 g/mol. The Kier molecular flexibility index (Phi) is 4.55. The summed E-state index contributed by atoms with van der Waals surface area (Å²) in [5.41, 5.74) is 5.61. The lowest BCUT2D eigenvalue weighted by Crippen LogP contribution is -2.11. The van der Waals surface area contributed by atoms with Crippen LogP contribution in [0.5, 0.6) is 5.88 Å². The number of nitrogens with two attached hydrogens (primary N) is 1. The number of anilines is 1. The summed E-state index contributed by atoms with van der Waals surface area (Å²) in [7, 11) is 0. The lowest BCUT2D eigenvalue weighted by molar-refractivity contribution is 0.127. The normalized spacial score (nSPS) is 11.8. The van der Waals surface area contributed by atoms with E-state index < -0.39 is 0 Å². The molecule has 0 radical (unpaired) electrons. The minimum absolute atomic E-state index is 0.308.